The molecule has 0 fully saturated rings. The summed E-state index contributed by atoms with van der Waals surface area (Å²) in [5.41, 5.74) is 8.59. The molecule has 0 amide bonds. The Kier molecular flexibility index (Phi) is 2.59. The molecule has 6 nitrogen and oxygen atoms in total. The summed E-state index contributed by atoms with van der Waals surface area (Å²) in [6.45, 7) is 0.656. The molecule has 0 saturated carbocycles. The number of nitrogens with two attached hydrogens (primary N) is 2. The molecule has 0 bridgehead atoms. The molecule has 1 aliphatic rings. The molecule has 0 radical (unpaired) electrons. The number of hydrogen-bond acceptors (Lipinski definition) is 4. The number of fused-ring (bicyclic) bond motifs is 1. The topological polar surface area (TPSA) is 94.9 Å². The summed E-state index contributed by atoms with van der Waals surface area (Å²) in [5.74, 6) is 6.74. The van der Waals surface area contributed by atoms with Crippen LogP contribution >= 0.6 is 0 Å². The molecule has 1 heterocycles. The largest absolute Gasteiger partial charge is 0.454 e. The Balaban J connectivity index is 2.19. The first-order valence-electron chi connectivity index (χ1n) is 4.45. The van der Waals surface area contributed by atoms with Crippen molar-refractivity contribution in [1.29, 1.82) is 0 Å². The van der Waals surface area contributed by atoms with Crippen LogP contribution in [0.1, 0.15) is 5.56 Å². The van der Waals surface area contributed by atoms with Crippen LogP contribution in [-0.2, 0) is 6.54 Å². The Morgan fingerprint density at radius 2 is 2.33 bits per heavy atom. The van der Waals surface area contributed by atoms with Crippen molar-refractivity contribution in [3.05, 3.63) is 23.8 Å². The molecular weight excluding hydrogens is 196 g/mol. The monoisotopic (exact) mass is 208 g/mol. The van der Waals surface area contributed by atoms with Gasteiger partial charge in [-0.1, -0.05) is 12.1 Å². The third-order valence-corrected chi connectivity index (χ3v) is 2.05. The lowest BCUT2D eigenvalue weighted by Crippen LogP contribution is -2.37. The predicted octanol–water partition coefficient (Wildman–Crippen LogP) is -0.307. The maximum absolute atomic E-state index is 5.41. The minimum atomic E-state index is 0.187. The summed E-state index contributed by atoms with van der Waals surface area (Å²) < 4.78 is 10.5. The van der Waals surface area contributed by atoms with Gasteiger partial charge in [0.2, 0.25) is 12.8 Å². The number of ether oxygens (including phenoxy) is 2. The zero-order chi connectivity index (χ0) is 10.7. The fourth-order valence-electron chi connectivity index (χ4n) is 1.33. The molecule has 0 aliphatic carbocycles. The molecule has 80 valence electrons. The lowest BCUT2D eigenvalue weighted by molar-refractivity contribution is 0.173. The molecule has 5 N–H and O–H groups in total. The molecule has 1 aromatic rings. The Bertz CT molecular complexity index is 392. The van der Waals surface area contributed by atoms with Gasteiger partial charge in [0.05, 0.1) is 6.54 Å². The third kappa shape index (κ3) is 1.94. The highest BCUT2D eigenvalue weighted by Crippen LogP contribution is 2.35. The fraction of sp³-hybridized carbons (Fsp3) is 0.222. The van der Waals surface area contributed by atoms with E-state index >= 15 is 0 Å². The second-order valence-corrected chi connectivity index (χ2v) is 3.00. The zero-order valence-corrected chi connectivity index (χ0v) is 8.06. The van der Waals surface area contributed by atoms with Gasteiger partial charge >= 0.3 is 0 Å². The van der Waals surface area contributed by atoms with Gasteiger partial charge in [-0.15, -0.1) is 0 Å². The van der Waals surface area contributed by atoms with Crippen LogP contribution in [0.25, 0.3) is 0 Å². The van der Waals surface area contributed by atoms with Gasteiger partial charge in [0, 0.05) is 5.56 Å². The number of guanidine groups is 1. The molecule has 6 heteroatoms. The number of hydrogen-bond donors (Lipinski definition) is 3. The SMILES string of the molecule is NNC(N)=NCc1cccc2c1OCO2. The summed E-state index contributed by atoms with van der Waals surface area (Å²) in [4.78, 5) is 4.01. The van der Waals surface area contributed by atoms with Crippen molar-refractivity contribution in [2.75, 3.05) is 6.79 Å². The van der Waals surface area contributed by atoms with Gasteiger partial charge in [-0.2, -0.15) is 0 Å². The normalized spacial score (nSPS) is 14.1. The van der Waals surface area contributed by atoms with Gasteiger partial charge in [-0.3, -0.25) is 5.43 Å². The Morgan fingerprint density at radius 3 is 3.13 bits per heavy atom. The van der Waals surface area contributed by atoms with Crippen molar-refractivity contribution in [3.63, 3.8) is 0 Å². The van der Waals surface area contributed by atoms with E-state index in [0.29, 0.717) is 6.54 Å². The van der Waals surface area contributed by atoms with Crippen molar-refractivity contribution in [2.45, 2.75) is 6.54 Å². The van der Waals surface area contributed by atoms with Crippen LogP contribution in [0.3, 0.4) is 0 Å². The molecule has 0 aromatic heterocycles. The highest BCUT2D eigenvalue weighted by Gasteiger charge is 2.16. The molecule has 1 aromatic carbocycles. The van der Waals surface area contributed by atoms with Crippen molar-refractivity contribution in [1.82, 2.24) is 5.43 Å². The third-order valence-electron chi connectivity index (χ3n) is 2.05. The summed E-state index contributed by atoms with van der Waals surface area (Å²) in [5, 5.41) is 0. The van der Waals surface area contributed by atoms with Gasteiger partial charge < -0.3 is 15.2 Å². The second kappa shape index (κ2) is 4.05. The standard InChI is InChI=1S/C9H12N4O2/c10-9(13-11)12-4-6-2-1-3-7-8(6)15-5-14-7/h1-3H,4-5,11H2,(H3,10,12,13). The van der Waals surface area contributed by atoms with Gasteiger partial charge in [-0.05, 0) is 6.07 Å². The summed E-state index contributed by atoms with van der Waals surface area (Å²) in [7, 11) is 0. The van der Waals surface area contributed by atoms with E-state index in [9.17, 15) is 0 Å². The first-order chi connectivity index (χ1) is 7.31. The van der Waals surface area contributed by atoms with Crippen molar-refractivity contribution in [3.8, 4) is 11.5 Å². The van der Waals surface area contributed by atoms with Crippen LogP contribution in [0.2, 0.25) is 0 Å². The molecule has 0 spiro atoms. The van der Waals surface area contributed by atoms with Crippen molar-refractivity contribution in [2.24, 2.45) is 16.6 Å². The molecule has 0 saturated heterocycles. The minimum absolute atomic E-state index is 0.187. The molecule has 0 unspecified atom stereocenters. The number of hydrazine groups is 1. The van der Waals surface area contributed by atoms with E-state index in [-0.39, 0.29) is 12.8 Å². The molecular formula is C9H12N4O2. The molecule has 1 aliphatic heterocycles. The lowest BCUT2D eigenvalue weighted by Gasteiger charge is -2.03. The number of para-hydroxylation sites is 1. The quantitative estimate of drug-likeness (QED) is 0.268. The Hall–Kier alpha value is -1.95. The van der Waals surface area contributed by atoms with Gasteiger partial charge in [0.15, 0.2) is 11.5 Å². The Labute approximate surface area is 86.8 Å². The van der Waals surface area contributed by atoms with E-state index in [4.69, 9.17) is 21.1 Å². The number of nitrogens with zero attached hydrogens (tertiary/aromatic N) is 1. The maximum Gasteiger partial charge on any atom is 0.231 e. The zero-order valence-electron chi connectivity index (χ0n) is 8.06. The average molecular weight is 208 g/mol. The van der Waals surface area contributed by atoms with E-state index in [0.717, 1.165) is 17.1 Å². The highest BCUT2D eigenvalue weighted by atomic mass is 16.7. The average Bonchev–Trinajstić information content (AvgIpc) is 2.74. The molecule has 15 heavy (non-hydrogen) atoms. The van der Waals surface area contributed by atoms with Gasteiger partial charge in [0.25, 0.3) is 0 Å². The van der Waals surface area contributed by atoms with Crippen LogP contribution in [0, 0.1) is 0 Å². The summed E-state index contributed by atoms with van der Waals surface area (Å²) >= 11 is 0. The van der Waals surface area contributed by atoms with Crippen LogP contribution < -0.4 is 26.5 Å². The smallest absolute Gasteiger partial charge is 0.231 e. The van der Waals surface area contributed by atoms with Crippen molar-refractivity contribution < 1.29 is 9.47 Å². The fourth-order valence-corrected chi connectivity index (χ4v) is 1.33. The first kappa shape index (κ1) is 9.60. The number of benzene rings is 1. The van der Waals surface area contributed by atoms with Crippen LogP contribution in [-0.4, -0.2) is 12.8 Å². The molecule has 2 rings (SSSR count). The predicted molar refractivity (Wildman–Crippen MR) is 55.2 cm³/mol. The number of aliphatic imine (C=N–C) groups is 1. The minimum Gasteiger partial charge on any atom is -0.454 e. The second-order valence-electron chi connectivity index (χ2n) is 3.00. The maximum atomic E-state index is 5.41. The summed E-state index contributed by atoms with van der Waals surface area (Å²) in [6.07, 6.45) is 0. The van der Waals surface area contributed by atoms with E-state index in [1.165, 1.54) is 0 Å². The van der Waals surface area contributed by atoms with E-state index < -0.39 is 0 Å². The van der Waals surface area contributed by atoms with Crippen LogP contribution in [0.5, 0.6) is 11.5 Å². The summed E-state index contributed by atoms with van der Waals surface area (Å²) in [6, 6.07) is 5.63. The number of rotatable bonds is 2. The van der Waals surface area contributed by atoms with E-state index in [1.807, 2.05) is 18.2 Å². The highest BCUT2D eigenvalue weighted by molar-refractivity contribution is 5.77. The van der Waals surface area contributed by atoms with Crippen molar-refractivity contribution >= 4 is 5.96 Å². The number of nitrogens with one attached hydrogen (secondary N) is 1. The Morgan fingerprint density at radius 1 is 1.47 bits per heavy atom. The molecule has 0 atom stereocenters. The van der Waals surface area contributed by atoms with Crippen LogP contribution in [0.15, 0.2) is 23.2 Å². The van der Waals surface area contributed by atoms with Gasteiger partial charge in [-0.25, -0.2) is 10.8 Å². The van der Waals surface area contributed by atoms with E-state index in [1.54, 1.807) is 0 Å². The van der Waals surface area contributed by atoms with Gasteiger partial charge in [0.1, 0.15) is 0 Å². The lowest BCUT2D eigenvalue weighted by atomic mass is 10.2. The van der Waals surface area contributed by atoms with Crippen LogP contribution in [0.4, 0.5) is 0 Å². The first-order valence-corrected chi connectivity index (χ1v) is 4.45. The van der Waals surface area contributed by atoms with E-state index in [2.05, 4.69) is 10.4 Å².